The van der Waals surface area contributed by atoms with Crippen LogP contribution in [-0.4, -0.2) is 56.5 Å². The fraction of sp³-hybridized carbons (Fsp3) is 0.400. The predicted octanol–water partition coefficient (Wildman–Crippen LogP) is -0.726. The van der Waals surface area contributed by atoms with E-state index < -0.39 is 23.0 Å². The number of aryl methyl sites for hydroxylation is 1. The number of anilines is 1. The molecule has 3 rings (SSSR count). The Hall–Kier alpha value is -3.04. The summed E-state index contributed by atoms with van der Waals surface area (Å²) in [5, 5.41) is 0. The molecule has 1 amide bonds. The van der Waals surface area contributed by atoms with Gasteiger partial charge in [-0.05, 0) is 6.92 Å². The fourth-order valence-electron chi connectivity index (χ4n) is 2.68. The van der Waals surface area contributed by atoms with E-state index >= 15 is 0 Å². The maximum absolute atomic E-state index is 14.1. The molecule has 1 aliphatic heterocycles. The van der Waals surface area contributed by atoms with Crippen LogP contribution in [0.15, 0.2) is 22.1 Å². The molecular formula is C15H17FN6O3. The molecule has 3 heterocycles. The van der Waals surface area contributed by atoms with E-state index in [-0.39, 0.29) is 17.1 Å². The van der Waals surface area contributed by atoms with Gasteiger partial charge in [-0.2, -0.15) is 0 Å². The molecule has 25 heavy (non-hydrogen) atoms. The number of amides is 1. The number of carbonyl (C=O) groups excluding carboxylic acids is 1. The van der Waals surface area contributed by atoms with E-state index in [2.05, 4.69) is 15.0 Å². The summed E-state index contributed by atoms with van der Waals surface area (Å²) in [4.78, 5) is 49.3. The zero-order valence-corrected chi connectivity index (χ0v) is 13.8. The smallest absolute Gasteiger partial charge is 0.328 e. The Morgan fingerprint density at radius 1 is 1.20 bits per heavy atom. The minimum absolute atomic E-state index is 0.0976. The van der Waals surface area contributed by atoms with Gasteiger partial charge >= 0.3 is 5.69 Å². The van der Waals surface area contributed by atoms with E-state index in [1.165, 1.54) is 18.3 Å². The van der Waals surface area contributed by atoms with E-state index in [0.717, 1.165) is 10.8 Å². The van der Waals surface area contributed by atoms with E-state index in [1.54, 1.807) is 11.8 Å². The summed E-state index contributed by atoms with van der Waals surface area (Å²) in [5.41, 5.74) is -1.06. The number of halogens is 1. The molecule has 9 nitrogen and oxygen atoms in total. The largest absolute Gasteiger partial charge is 0.351 e. The number of H-pyrrole nitrogens is 1. The highest BCUT2D eigenvalue weighted by molar-refractivity contribution is 5.93. The van der Waals surface area contributed by atoms with Crippen molar-refractivity contribution in [3.8, 4) is 0 Å². The number of nitrogens with zero attached hydrogens (tertiary/aromatic N) is 5. The molecular weight excluding hydrogens is 331 g/mol. The topological polar surface area (TPSA) is 104 Å². The van der Waals surface area contributed by atoms with Gasteiger partial charge in [-0.1, -0.05) is 0 Å². The fourth-order valence-corrected chi connectivity index (χ4v) is 2.68. The Bertz CT molecular complexity index is 930. The van der Waals surface area contributed by atoms with Gasteiger partial charge < -0.3 is 14.8 Å². The molecule has 2 aromatic rings. The Balaban J connectivity index is 1.75. The quantitative estimate of drug-likeness (QED) is 0.768. The van der Waals surface area contributed by atoms with Crippen LogP contribution in [0.3, 0.4) is 0 Å². The van der Waals surface area contributed by atoms with Crippen LogP contribution in [0.1, 0.15) is 16.1 Å². The Labute approximate surface area is 141 Å². The lowest BCUT2D eigenvalue weighted by Crippen LogP contribution is -2.51. The van der Waals surface area contributed by atoms with Gasteiger partial charge in [0.05, 0.1) is 5.69 Å². The lowest BCUT2D eigenvalue weighted by atomic mass is 10.2. The highest BCUT2D eigenvalue weighted by Gasteiger charge is 2.26. The van der Waals surface area contributed by atoms with Crippen molar-refractivity contribution in [2.45, 2.75) is 6.92 Å². The maximum atomic E-state index is 14.1. The zero-order valence-electron chi connectivity index (χ0n) is 13.8. The van der Waals surface area contributed by atoms with Crippen LogP contribution in [0.2, 0.25) is 0 Å². The first kappa shape index (κ1) is 16.8. The molecule has 0 atom stereocenters. The number of hydrogen-bond donors (Lipinski definition) is 1. The second kappa shape index (κ2) is 6.46. The number of piperazine rings is 1. The van der Waals surface area contributed by atoms with Gasteiger partial charge in [0.25, 0.3) is 11.5 Å². The molecule has 2 aromatic heterocycles. The highest BCUT2D eigenvalue weighted by Crippen LogP contribution is 2.19. The van der Waals surface area contributed by atoms with Gasteiger partial charge in [0.2, 0.25) is 0 Å². The molecule has 1 fully saturated rings. The minimum Gasteiger partial charge on any atom is -0.351 e. The number of rotatable bonds is 2. The van der Waals surface area contributed by atoms with Gasteiger partial charge in [-0.15, -0.1) is 0 Å². The van der Waals surface area contributed by atoms with Crippen molar-refractivity contribution in [1.29, 1.82) is 0 Å². The Kier molecular flexibility index (Phi) is 4.34. The summed E-state index contributed by atoms with van der Waals surface area (Å²) in [7, 11) is 1.30. The van der Waals surface area contributed by atoms with E-state index in [0.29, 0.717) is 26.2 Å². The average Bonchev–Trinajstić information content (AvgIpc) is 2.62. The van der Waals surface area contributed by atoms with Gasteiger partial charge in [-0.3, -0.25) is 14.2 Å². The molecule has 0 aromatic carbocycles. The normalized spacial score (nSPS) is 14.7. The van der Waals surface area contributed by atoms with Crippen molar-refractivity contribution in [2.24, 2.45) is 7.05 Å². The monoisotopic (exact) mass is 348 g/mol. The maximum Gasteiger partial charge on any atom is 0.328 e. The third kappa shape index (κ3) is 3.02. The minimum atomic E-state index is -0.645. The van der Waals surface area contributed by atoms with E-state index in [9.17, 15) is 18.8 Å². The first-order valence-corrected chi connectivity index (χ1v) is 7.70. The predicted molar refractivity (Wildman–Crippen MR) is 87.1 cm³/mol. The molecule has 0 aliphatic carbocycles. The molecule has 1 aliphatic rings. The molecule has 1 saturated heterocycles. The average molecular weight is 348 g/mol. The SMILES string of the molecule is Cc1ncnc(N2CCN(C(=O)c3c[nH]c(=O)n(C)c3=O)CC2)c1F. The van der Waals surface area contributed by atoms with Crippen molar-refractivity contribution < 1.29 is 9.18 Å². The van der Waals surface area contributed by atoms with E-state index in [1.807, 2.05) is 0 Å². The van der Waals surface area contributed by atoms with Crippen molar-refractivity contribution >= 4 is 11.7 Å². The number of aromatic amines is 1. The third-order valence-electron chi connectivity index (χ3n) is 4.22. The number of carbonyl (C=O) groups is 1. The molecule has 132 valence electrons. The summed E-state index contributed by atoms with van der Waals surface area (Å²) >= 11 is 0. The lowest BCUT2D eigenvalue weighted by Gasteiger charge is -2.35. The van der Waals surface area contributed by atoms with Crippen molar-refractivity contribution in [1.82, 2.24) is 24.4 Å². The number of aromatic nitrogens is 4. The van der Waals surface area contributed by atoms with Crippen LogP contribution < -0.4 is 16.1 Å². The highest BCUT2D eigenvalue weighted by atomic mass is 19.1. The van der Waals surface area contributed by atoms with Crippen LogP contribution in [0, 0.1) is 12.7 Å². The molecule has 0 saturated carbocycles. The lowest BCUT2D eigenvalue weighted by molar-refractivity contribution is 0.0743. The summed E-state index contributed by atoms with van der Waals surface area (Å²) in [6.45, 7) is 2.94. The van der Waals surface area contributed by atoms with Crippen LogP contribution in [0.5, 0.6) is 0 Å². The molecule has 0 bridgehead atoms. The Morgan fingerprint density at radius 3 is 2.56 bits per heavy atom. The van der Waals surface area contributed by atoms with Gasteiger partial charge in [0.15, 0.2) is 11.6 Å². The summed E-state index contributed by atoms with van der Waals surface area (Å²) in [5.74, 6) is -0.729. The van der Waals surface area contributed by atoms with E-state index in [4.69, 9.17) is 0 Å². The first-order valence-electron chi connectivity index (χ1n) is 7.70. The summed E-state index contributed by atoms with van der Waals surface area (Å²) < 4.78 is 15.0. The molecule has 0 radical (unpaired) electrons. The number of hydrogen-bond acceptors (Lipinski definition) is 6. The van der Waals surface area contributed by atoms with Crippen LogP contribution in [0.25, 0.3) is 0 Å². The van der Waals surface area contributed by atoms with Gasteiger partial charge in [-0.25, -0.2) is 19.2 Å². The first-order chi connectivity index (χ1) is 11.9. The standard InChI is InChI=1S/C15H17FN6O3/c1-9-11(16)12(19-8-18-9)21-3-5-22(6-4-21)14(24)10-7-17-15(25)20(2)13(10)23/h7-8H,3-6H2,1-2H3,(H,17,25). The second-order valence-corrected chi connectivity index (χ2v) is 5.75. The zero-order chi connectivity index (χ0) is 18.1. The third-order valence-corrected chi connectivity index (χ3v) is 4.22. The molecule has 0 unspecified atom stereocenters. The van der Waals surface area contributed by atoms with Gasteiger partial charge in [0.1, 0.15) is 11.9 Å². The van der Waals surface area contributed by atoms with Crippen molar-refractivity contribution in [3.63, 3.8) is 0 Å². The number of nitrogens with one attached hydrogen (secondary N) is 1. The summed E-state index contributed by atoms with van der Waals surface area (Å²) in [6.07, 6.45) is 2.43. The van der Waals surface area contributed by atoms with Crippen LogP contribution >= 0.6 is 0 Å². The summed E-state index contributed by atoms with van der Waals surface area (Å²) in [6, 6.07) is 0. The van der Waals surface area contributed by atoms with Crippen molar-refractivity contribution in [3.05, 3.63) is 50.4 Å². The molecule has 1 N–H and O–H groups in total. The second-order valence-electron chi connectivity index (χ2n) is 5.75. The van der Waals surface area contributed by atoms with Crippen molar-refractivity contribution in [2.75, 3.05) is 31.1 Å². The van der Waals surface area contributed by atoms with Crippen LogP contribution in [0.4, 0.5) is 10.2 Å². The van der Waals surface area contributed by atoms with Gasteiger partial charge in [0, 0.05) is 39.4 Å². The van der Waals surface area contributed by atoms with Crippen LogP contribution in [-0.2, 0) is 7.05 Å². The molecule has 10 heteroatoms. The Morgan fingerprint density at radius 2 is 1.88 bits per heavy atom. The molecule has 0 spiro atoms.